The molecule has 0 saturated heterocycles. The van der Waals surface area contributed by atoms with E-state index in [0.29, 0.717) is 12.1 Å². The zero-order valence-corrected chi connectivity index (χ0v) is 10.4. The van der Waals surface area contributed by atoms with Crippen LogP contribution in [0.4, 0.5) is 30.7 Å². The lowest BCUT2D eigenvalue weighted by atomic mass is 9.99. The molecule has 1 aromatic rings. The van der Waals surface area contributed by atoms with Crippen LogP contribution in [-0.2, 0) is 6.18 Å². The third kappa shape index (κ3) is 4.66. The Morgan fingerprint density at radius 1 is 1.10 bits per heavy atom. The van der Waals surface area contributed by atoms with Gasteiger partial charge in [-0.05, 0) is 31.2 Å². The predicted molar refractivity (Wildman–Crippen MR) is 58.5 cm³/mol. The van der Waals surface area contributed by atoms with Gasteiger partial charge in [-0.1, -0.05) is 6.07 Å². The van der Waals surface area contributed by atoms with Crippen LogP contribution in [0.15, 0.2) is 18.2 Å². The van der Waals surface area contributed by atoms with Gasteiger partial charge in [0.15, 0.2) is 0 Å². The third-order valence-electron chi connectivity index (χ3n) is 2.76. The molecule has 8 heteroatoms. The molecule has 0 bridgehead atoms. The van der Waals surface area contributed by atoms with Crippen LogP contribution in [0.2, 0.25) is 0 Å². The van der Waals surface area contributed by atoms with Crippen LogP contribution >= 0.6 is 0 Å². The topological polar surface area (TPSA) is 12.0 Å². The van der Waals surface area contributed by atoms with E-state index in [9.17, 15) is 30.7 Å². The standard InChI is InChI=1S/C12H12F7N/c1-20-10(4-5-11(14,15)16)7-2-3-9(13)8(6-7)12(17,18)19/h2-3,6,10,20H,4-5H2,1H3. The Morgan fingerprint density at radius 3 is 2.15 bits per heavy atom. The van der Waals surface area contributed by atoms with Gasteiger partial charge in [0.25, 0.3) is 0 Å². The van der Waals surface area contributed by atoms with Crippen molar-refractivity contribution in [1.82, 2.24) is 5.32 Å². The lowest BCUT2D eigenvalue weighted by molar-refractivity contribution is -0.140. The van der Waals surface area contributed by atoms with E-state index in [0.717, 1.165) is 6.07 Å². The third-order valence-corrected chi connectivity index (χ3v) is 2.76. The van der Waals surface area contributed by atoms with Gasteiger partial charge in [-0.15, -0.1) is 0 Å². The summed E-state index contributed by atoms with van der Waals surface area (Å²) in [5.41, 5.74) is -1.52. The highest BCUT2D eigenvalue weighted by atomic mass is 19.4. The molecule has 0 amide bonds. The van der Waals surface area contributed by atoms with Crippen LogP contribution in [-0.4, -0.2) is 13.2 Å². The lowest BCUT2D eigenvalue weighted by Gasteiger charge is -2.19. The van der Waals surface area contributed by atoms with Crippen LogP contribution in [0.25, 0.3) is 0 Å². The van der Waals surface area contributed by atoms with Crippen LogP contribution in [0.3, 0.4) is 0 Å². The molecule has 1 nitrogen and oxygen atoms in total. The predicted octanol–water partition coefficient (Wildman–Crippen LogP) is 4.45. The molecule has 1 rings (SSSR count). The Labute approximate surface area is 110 Å². The van der Waals surface area contributed by atoms with Crippen molar-refractivity contribution in [3.63, 3.8) is 0 Å². The molecule has 0 aliphatic heterocycles. The van der Waals surface area contributed by atoms with Gasteiger partial charge in [0, 0.05) is 12.5 Å². The van der Waals surface area contributed by atoms with Crippen molar-refractivity contribution >= 4 is 0 Å². The molecule has 0 fully saturated rings. The molecule has 1 unspecified atom stereocenters. The van der Waals surface area contributed by atoms with Crippen LogP contribution in [0.5, 0.6) is 0 Å². The van der Waals surface area contributed by atoms with Gasteiger partial charge in [0.2, 0.25) is 0 Å². The fraction of sp³-hybridized carbons (Fsp3) is 0.500. The second-order valence-corrected chi connectivity index (χ2v) is 4.23. The monoisotopic (exact) mass is 303 g/mol. The summed E-state index contributed by atoms with van der Waals surface area (Å²) >= 11 is 0. The highest BCUT2D eigenvalue weighted by Gasteiger charge is 2.35. The Bertz CT molecular complexity index is 450. The zero-order valence-electron chi connectivity index (χ0n) is 10.4. The second-order valence-electron chi connectivity index (χ2n) is 4.23. The Morgan fingerprint density at radius 2 is 1.70 bits per heavy atom. The maximum absolute atomic E-state index is 13.1. The minimum Gasteiger partial charge on any atom is -0.313 e. The number of hydrogen-bond acceptors (Lipinski definition) is 1. The first kappa shape index (κ1) is 16.7. The number of hydrogen-bond donors (Lipinski definition) is 1. The minimum atomic E-state index is -4.89. The van der Waals surface area contributed by atoms with E-state index in [-0.39, 0.29) is 5.56 Å². The molecule has 20 heavy (non-hydrogen) atoms. The maximum atomic E-state index is 13.1. The summed E-state index contributed by atoms with van der Waals surface area (Å²) in [6.45, 7) is 0. The van der Waals surface area contributed by atoms with Gasteiger partial charge >= 0.3 is 12.4 Å². The molecule has 0 aromatic heterocycles. The van der Waals surface area contributed by atoms with E-state index in [4.69, 9.17) is 0 Å². The van der Waals surface area contributed by atoms with Crippen LogP contribution in [0.1, 0.15) is 30.0 Å². The number of halogens is 7. The Hall–Kier alpha value is -1.31. The van der Waals surface area contributed by atoms with Crippen molar-refractivity contribution in [3.05, 3.63) is 35.1 Å². The van der Waals surface area contributed by atoms with Crippen molar-refractivity contribution in [2.75, 3.05) is 7.05 Å². The van der Waals surface area contributed by atoms with Gasteiger partial charge in [-0.3, -0.25) is 0 Å². The number of nitrogens with one attached hydrogen (secondary N) is 1. The Balaban J connectivity index is 2.99. The quantitative estimate of drug-likeness (QED) is 0.810. The molecule has 114 valence electrons. The Kier molecular flexibility index (Phi) is 5.01. The number of rotatable bonds is 4. The van der Waals surface area contributed by atoms with Crippen LogP contribution in [0, 0.1) is 5.82 Å². The molecule has 0 heterocycles. The van der Waals surface area contributed by atoms with E-state index in [2.05, 4.69) is 5.32 Å². The van der Waals surface area contributed by atoms with Gasteiger partial charge in [-0.2, -0.15) is 26.3 Å². The maximum Gasteiger partial charge on any atom is 0.419 e. The molecule has 1 N–H and O–H groups in total. The highest BCUT2D eigenvalue weighted by Crippen LogP contribution is 2.34. The van der Waals surface area contributed by atoms with Crippen molar-refractivity contribution in [2.24, 2.45) is 0 Å². The molecule has 1 atom stereocenters. The molecule has 0 aliphatic rings. The molecule has 1 aromatic carbocycles. The van der Waals surface area contributed by atoms with Crippen molar-refractivity contribution in [3.8, 4) is 0 Å². The highest BCUT2D eigenvalue weighted by molar-refractivity contribution is 5.29. The zero-order chi connectivity index (χ0) is 15.6. The molecular formula is C12H12F7N. The average molecular weight is 303 g/mol. The van der Waals surface area contributed by atoms with Crippen LogP contribution < -0.4 is 5.32 Å². The van der Waals surface area contributed by atoms with E-state index >= 15 is 0 Å². The minimum absolute atomic E-state index is 0.0366. The average Bonchev–Trinajstić information content (AvgIpc) is 2.28. The fourth-order valence-electron chi connectivity index (χ4n) is 1.76. The van der Waals surface area contributed by atoms with E-state index in [1.165, 1.54) is 7.05 Å². The number of alkyl halides is 6. The van der Waals surface area contributed by atoms with E-state index in [1.54, 1.807) is 0 Å². The van der Waals surface area contributed by atoms with Gasteiger partial charge in [-0.25, -0.2) is 4.39 Å². The van der Waals surface area contributed by atoms with E-state index < -0.39 is 42.6 Å². The molecule has 0 saturated carbocycles. The summed E-state index contributed by atoms with van der Waals surface area (Å²) in [7, 11) is 1.33. The first-order chi connectivity index (χ1) is 9.04. The summed E-state index contributed by atoms with van der Waals surface area (Å²) < 4.78 is 87.1. The summed E-state index contributed by atoms with van der Waals surface area (Å²) in [6.07, 6.45) is -10.9. The summed E-state index contributed by atoms with van der Waals surface area (Å²) in [6, 6.07) is 1.25. The van der Waals surface area contributed by atoms with Gasteiger partial charge in [0.1, 0.15) is 5.82 Å². The summed E-state index contributed by atoms with van der Waals surface area (Å²) in [5.74, 6) is -1.45. The fourth-order valence-corrected chi connectivity index (χ4v) is 1.76. The van der Waals surface area contributed by atoms with Crippen molar-refractivity contribution in [2.45, 2.75) is 31.2 Å². The van der Waals surface area contributed by atoms with E-state index in [1.807, 2.05) is 0 Å². The second kappa shape index (κ2) is 5.99. The largest absolute Gasteiger partial charge is 0.419 e. The SMILES string of the molecule is CNC(CCC(F)(F)F)c1ccc(F)c(C(F)(F)F)c1. The molecular weight excluding hydrogens is 291 g/mol. The first-order valence-corrected chi connectivity index (χ1v) is 5.65. The lowest BCUT2D eigenvalue weighted by Crippen LogP contribution is -2.20. The number of benzene rings is 1. The smallest absolute Gasteiger partial charge is 0.313 e. The molecule has 0 aliphatic carbocycles. The summed E-state index contributed by atoms with van der Waals surface area (Å²) in [4.78, 5) is 0. The van der Waals surface area contributed by atoms with Crippen molar-refractivity contribution < 1.29 is 30.7 Å². The molecule has 0 radical (unpaired) electrons. The van der Waals surface area contributed by atoms with Crippen molar-refractivity contribution in [1.29, 1.82) is 0 Å². The molecule has 0 spiro atoms. The van der Waals surface area contributed by atoms with Gasteiger partial charge < -0.3 is 5.32 Å². The normalized spacial score (nSPS) is 14.4. The summed E-state index contributed by atoms with van der Waals surface area (Å²) in [5, 5.41) is 2.50. The first-order valence-electron chi connectivity index (χ1n) is 5.65. The van der Waals surface area contributed by atoms with Gasteiger partial charge in [0.05, 0.1) is 5.56 Å².